The van der Waals surface area contributed by atoms with Crippen LogP contribution in [0.2, 0.25) is 0 Å². The van der Waals surface area contributed by atoms with E-state index in [1.807, 2.05) is 0 Å². The molecule has 0 fully saturated rings. The molecule has 52 valence electrons. The zero-order valence-electron chi connectivity index (χ0n) is 5.63. The van der Waals surface area contributed by atoms with E-state index in [0.29, 0.717) is 16.5 Å². The number of hydrogen-bond acceptors (Lipinski definition) is 1. The van der Waals surface area contributed by atoms with E-state index in [1.54, 1.807) is 12.3 Å². The van der Waals surface area contributed by atoms with Crippen LogP contribution in [0.5, 0.6) is 0 Å². The highest BCUT2D eigenvalue weighted by atomic mass is 19.1. The minimum atomic E-state index is -0.351. The van der Waals surface area contributed by atoms with Crippen molar-refractivity contribution in [1.82, 2.24) is 9.97 Å². The van der Waals surface area contributed by atoms with Crippen molar-refractivity contribution in [2.45, 2.75) is 0 Å². The fourth-order valence-electron chi connectivity index (χ4n) is 1.04. The largest absolute Gasteiger partial charge is 0.360 e. The van der Waals surface area contributed by atoms with Gasteiger partial charge in [-0.25, -0.2) is 4.39 Å². The van der Waals surface area contributed by atoms with Gasteiger partial charge < -0.3 is 4.98 Å². The van der Waals surface area contributed by atoms with Crippen LogP contribution in [0.25, 0.3) is 10.9 Å². The molecule has 0 unspecified atom stereocenters. The Hall–Kier alpha value is -1.32. The summed E-state index contributed by atoms with van der Waals surface area (Å²) in [7, 11) is 5.46. The molecular formula is C7H4BFN2. The quantitative estimate of drug-likeness (QED) is 0.538. The van der Waals surface area contributed by atoms with E-state index in [9.17, 15) is 4.39 Å². The van der Waals surface area contributed by atoms with E-state index in [1.165, 1.54) is 0 Å². The molecule has 0 aliphatic carbocycles. The molecule has 0 saturated heterocycles. The molecule has 2 aromatic rings. The molecule has 2 heterocycles. The number of hydrogen-bond donors (Lipinski definition) is 1. The second kappa shape index (κ2) is 2.08. The third-order valence-corrected chi connectivity index (χ3v) is 1.58. The molecule has 1 N–H and O–H groups in total. The van der Waals surface area contributed by atoms with Crippen molar-refractivity contribution >= 4 is 24.3 Å². The summed E-state index contributed by atoms with van der Waals surface area (Å²) >= 11 is 0. The fraction of sp³-hybridized carbons (Fsp3) is 0. The second-order valence-electron chi connectivity index (χ2n) is 2.26. The average Bonchev–Trinajstić information content (AvgIpc) is 2.45. The van der Waals surface area contributed by atoms with Crippen LogP contribution in [0.1, 0.15) is 0 Å². The van der Waals surface area contributed by atoms with E-state index in [4.69, 9.17) is 7.85 Å². The van der Waals surface area contributed by atoms with Crippen molar-refractivity contribution in [2.24, 2.45) is 0 Å². The summed E-state index contributed by atoms with van der Waals surface area (Å²) in [5.41, 5.74) is 0.886. The molecule has 0 spiro atoms. The summed E-state index contributed by atoms with van der Waals surface area (Å²) in [5, 5.41) is 0.484. The van der Waals surface area contributed by atoms with Gasteiger partial charge in [0.05, 0.1) is 11.7 Å². The van der Waals surface area contributed by atoms with Crippen molar-refractivity contribution < 1.29 is 4.39 Å². The normalized spacial score (nSPS) is 10.6. The van der Waals surface area contributed by atoms with Gasteiger partial charge in [-0.1, -0.05) is 0 Å². The first kappa shape index (κ1) is 6.40. The molecular weight excluding hydrogens is 142 g/mol. The first-order valence-electron chi connectivity index (χ1n) is 3.16. The standard InChI is InChI=1S/C7H4BFN2/c8-7-6-4(1-2-10-6)5(9)3-11-7/h1-3,10H. The molecule has 0 amide bonds. The lowest BCUT2D eigenvalue weighted by Crippen LogP contribution is -2.09. The number of nitrogens with one attached hydrogen (secondary N) is 1. The molecule has 2 nitrogen and oxygen atoms in total. The van der Waals surface area contributed by atoms with Gasteiger partial charge >= 0.3 is 0 Å². The maximum atomic E-state index is 12.9. The highest BCUT2D eigenvalue weighted by molar-refractivity contribution is 6.36. The van der Waals surface area contributed by atoms with E-state index in [2.05, 4.69) is 9.97 Å². The topological polar surface area (TPSA) is 28.7 Å². The van der Waals surface area contributed by atoms with E-state index >= 15 is 0 Å². The van der Waals surface area contributed by atoms with Crippen LogP contribution in [0, 0.1) is 5.82 Å². The van der Waals surface area contributed by atoms with Gasteiger partial charge in [0.25, 0.3) is 0 Å². The lowest BCUT2D eigenvalue weighted by atomic mass is 10.0. The summed E-state index contributed by atoms with van der Waals surface area (Å²) in [5.74, 6) is -0.351. The smallest absolute Gasteiger partial charge is 0.150 e. The van der Waals surface area contributed by atoms with E-state index in [0.717, 1.165) is 6.20 Å². The fourth-order valence-corrected chi connectivity index (χ4v) is 1.04. The van der Waals surface area contributed by atoms with Gasteiger partial charge in [0.15, 0.2) is 5.82 Å². The van der Waals surface area contributed by atoms with Gasteiger partial charge in [-0.05, 0) is 6.07 Å². The number of H-pyrrole nitrogens is 1. The second-order valence-corrected chi connectivity index (χ2v) is 2.26. The third-order valence-electron chi connectivity index (χ3n) is 1.58. The van der Waals surface area contributed by atoms with Gasteiger partial charge in [-0.2, -0.15) is 0 Å². The molecule has 0 aromatic carbocycles. The first-order valence-corrected chi connectivity index (χ1v) is 3.16. The Kier molecular flexibility index (Phi) is 1.21. The van der Waals surface area contributed by atoms with Crippen molar-refractivity contribution in [3.05, 3.63) is 24.3 Å². The van der Waals surface area contributed by atoms with Gasteiger partial charge in [0, 0.05) is 17.2 Å². The molecule has 4 heteroatoms. The van der Waals surface area contributed by atoms with Crippen LogP contribution in [-0.4, -0.2) is 17.8 Å². The molecule has 0 aliphatic rings. The number of nitrogens with zero attached hydrogens (tertiary/aromatic N) is 1. The molecule has 2 rings (SSSR count). The van der Waals surface area contributed by atoms with E-state index in [-0.39, 0.29) is 5.82 Å². The zero-order valence-corrected chi connectivity index (χ0v) is 5.63. The van der Waals surface area contributed by atoms with Crippen molar-refractivity contribution in [3.63, 3.8) is 0 Å². The highest BCUT2D eigenvalue weighted by Gasteiger charge is 2.02. The number of aromatic amines is 1. The summed E-state index contributed by atoms with van der Waals surface area (Å²) in [6, 6.07) is 1.63. The van der Waals surface area contributed by atoms with Crippen LogP contribution in [0.3, 0.4) is 0 Å². The molecule has 0 aliphatic heterocycles. The van der Waals surface area contributed by atoms with Gasteiger partial charge in [0.2, 0.25) is 0 Å². The predicted molar refractivity (Wildman–Crippen MR) is 41.4 cm³/mol. The first-order chi connectivity index (χ1) is 5.29. The minimum absolute atomic E-state index is 0.325. The zero-order chi connectivity index (χ0) is 7.84. The molecule has 2 radical (unpaired) electrons. The maximum Gasteiger partial charge on any atom is 0.150 e. The Morgan fingerprint density at radius 3 is 3.09 bits per heavy atom. The maximum absolute atomic E-state index is 12.9. The monoisotopic (exact) mass is 146 g/mol. The summed E-state index contributed by atoms with van der Waals surface area (Å²) in [6.07, 6.45) is 2.75. The number of halogens is 1. The lowest BCUT2D eigenvalue weighted by molar-refractivity contribution is 0.635. The van der Waals surface area contributed by atoms with E-state index < -0.39 is 0 Å². The number of rotatable bonds is 0. The van der Waals surface area contributed by atoms with Crippen molar-refractivity contribution in [2.75, 3.05) is 0 Å². The summed E-state index contributed by atoms with van der Waals surface area (Å²) in [4.78, 5) is 6.45. The lowest BCUT2D eigenvalue weighted by Gasteiger charge is -1.95. The Bertz CT molecular complexity index is 360. The Balaban J connectivity index is 2.96. The number of pyridine rings is 1. The molecule has 0 saturated carbocycles. The highest BCUT2D eigenvalue weighted by Crippen LogP contribution is 2.11. The number of aromatic nitrogens is 2. The summed E-state index contributed by atoms with van der Waals surface area (Å²) in [6.45, 7) is 0. The van der Waals surface area contributed by atoms with Gasteiger partial charge in [-0.3, -0.25) is 4.98 Å². The van der Waals surface area contributed by atoms with Crippen LogP contribution in [-0.2, 0) is 0 Å². The molecule has 0 bridgehead atoms. The van der Waals surface area contributed by atoms with Gasteiger partial charge in [0.1, 0.15) is 7.85 Å². The molecule has 2 aromatic heterocycles. The van der Waals surface area contributed by atoms with Crippen LogP contribution in [0.15, 0.2) is 18.5 Å². The Morgan fingerprint density at radius 1 is 1.55 bits per heavy atom. The average molecular weight is 146 g/mol. The van der Waals surface area contributed by atoms with Crippen molar-refractivity contribution in [3.8, 4) is 0 Å². The number of fused-ring (bicyclic) bond motifs is 1. The van der Waals surface area contributed by atoms with Crippen LogP contribution in [0.4, 0.5) is 4.39 Å². The summed E-state index contributed by atoms with van der Waals surface area (Å²) < 4.78 is 12.9. The van der Waals surface area contributed by atoms with Crippen LogP contribution >= 0.6 is 0 Å². The van der Waals surface area contributed by atoms with Gasteiger partial charge in [-0.15, -0.1) is 0 Å². The minimum Gasteiger partial charge on any atom is -0.360 e. The Labute approximate surface area is 63.9 Å². The predicted octanol–water partition coefficient (Wildman–Crippen LogP) is 0.496. The molecule has 11 heavy (non-hydrogen) atoms. The Morgan fingerprint density at radius 2 is 2.36 bits per heavy atom. The molecule has 0 atom stereocenters. The van der Waals surface area contributed by atoms with Crippen molar-refractivity contribution in [1.29, 1.82) is 0 Å². The SMILES string of the molecule is [B]c1ncc(F)c2cc[nH]c12. The third kappa shape index (κ3) is 0.825. The van der Waals surface area contributed by atoms with Crippen LogP contribution < -0.4 is 5.59 Å².